The van der Waals surface area contributed by atoms with Crippen LogP contribution in [-0.4, -0.2) is 29.3 Å². The van der Waals surface area contributed by atoms with Crippen LogP contribution < -0.4 is 5.32 Å². The van der Waals surface area contributed by atoms with Gasteiger partial charge in [-0.2, -0.15) is 0 Å². The van der Waals surface area contributed by atoms with Crippen LogP contribution in [0.5, 0.6) is 0 Å². The van der Waals surface area contributed by atoms with Crippen molar-refractivity contribution in [2.45, 2.75) is 33.2 Å². The van der Waals surface area contributed by atoms with E-state index in [0.717, 1.165) is 25.3 Å². The summed E-state index contributed by atoms with van der Waals surface area (Å²) >= 11 is 1.47. The summed E-state index contributed by atoms with van der Waals surface area (Å²) in [6, 6.07) is 0.241. The first-order chi connectivity index (χ1) is 7.33. The number of aromatic nitrogens is 2. The first-order valence-corrected chi connectivity index (χ1v) is 6.23. The Labute approximate surface area is 95.2 Å². The number of nitrogens with one attached hydrogen (secondary N) is 1. The summed E-state index contributed by atoms with van der Waals surface area (Å²) < 4.78 is 9.46. The molecule has 4 nitrogen and oxygen atoms in total. The van der Waals surface area contributed by atoms with Gasteiger partial charge < -0.3 is 10.1 Å². The fourth-order valence-electron chi connectivity index (χ4n) is 1.43. The van der Waals surface area contributed by atoms with Gasteiger partial charge in [0.25, 0.3) is 0 Å². The van der Waals surface area contributed by atoms with E-state index < -0.39 is 0 Å². The second-order valence-corrected chi connectivity index (χ2v) is 3.99. The zero-order valence-corrected chi connectivity index (χ0v) is 10.4. The molecule has 5 heteroatoms. The van der Waals surface area contributed by atoms with Gasteiger partial charge in [0.1, 0.15) is 0 Å². The Morgan fingerprint density at radius 3 is 2.80 bits per heavy atom. The average Bonchev–Trinajstić information content (AvgIpc) is 2.72. The van der Waals surface area contributed by atoms with Crippen molar-refractivity contribution in [3.8, 4) is 0 Å². The lowest BCUT2D eigenvalue weighted by molar-refractivity contribution is 0.124. The van der Waals surface area contributed by atoms with Crippen molar-refractivity contribution >= 4 is 11.5 Å². The number of rotatable bonds is 7. The molecule has 1 atom stereocenters. The molecule has 1 rings (SSSR count). The van der Waals surface area contributed by atoms with E-state index in [4.69, 9.17) is 4.74 Å². The molecule has 86 valence electrons. The van der Waals surface area contributed by atoms with E-state index in [9.17, 15) is 0 Å². The molecule has 1 heterocycles. The van der Waals surface area contributed by atoms with Gasteiger partial charge in [-0.1, -0.05) is 18.3 Å². The highest BCUT2D eigenvalue weighted by atomic mass is 32.1. The number of likely N-dealkylation sites (N-methyl/N-ethyl adjacent to an activating group) is 1. The second kappa shape index (κ2) is 6.87. The van der Waals surface area contributed by atoms with Crippen LogP contribution in [0.4, 0.5) is 0 Å². The quantitative estimate of drug-likeness (QED) is 0.774. The van der Waals surface area contributed by atoms with Gasteiger partial charge in [-0.05, 0) is 31.4 Å². The zero-order valence-electron chi connectivity index (χ0n) is 9.62. The molecule has 0 aromatic carbocycles. The molecule has 0 aliphatic rings. The minimum atomic E-state index is 0.241. The monoisotopic (exact) mass is 229 g/mol. The maximum atomic E-state index is 5.46. The molecule has 0 saturated carbocycles. The summed E-state index contributed by atoms with van der Waals surface area (Å²) in [5, 5.41) is 7.52. The van der Waals surface area contributed by atoms with Gasteiger partial charge in [0.05, 0.1) is 23.2 Å². The van der Waals surface area contributed by atoms with Gasteiger partial charge in [0.2, 0.25) is 0 Å². The van der Waals surface area contributed by atoms with Crippen molar-refractivity contribution in [1.29, 1.82) is 0 Å². The molecule has 1 N–H and O–H groups in total. The van der Waals surface area contributed by atoms with E-state index >= 15 is 0 Å². The maximum absolute atomic E-state index is 5.46. The Hall–Kier alpha value is -0.520. The minimum absolute atomic E-state index is 0.241. The SMILES string of the molecule is CCNC(COCC)c1snnc1CC. The molecule has 0 radical (unpaired) electrons. The van der Waals surface area contributed by atoms with Crippen LogP contribution in [0.25, 0.3) is 0 Å². The lowest BCUT2D eigenvalue weighted by Gasteiger charge is -2.16. The summed E-state index contributed by atoms with van der Waals surface area (Å²) in [5.74, 6) is 0. The Morgan fingerprint density at radius 2 is 2.20 bits per heavy atom. The molecule has 1 aromatic heterocycles. The zero-order chi connectivity index (χ0) is 11.1. The van der Waals surface area contributed by atoms with Gasteiger partial charge in [-0.3, -0.25) is 0 Å². The van der Waals surface area contributed by atoms with Gasteiger partial charge in [-0.15, -0.1) is 5.10 Å². The second-order valence-electron chi connectivity index (χ2n) is 3.21. The van der Waals surface area contributed by atoms with E-state index in [1.807, 2.05) is 6.92 Å². The van der Waals surface area contributed by atoms with Crippen molar-refractivity contribution in [2.75, 3.05) is 19.8 Å². The Bertz CT molecular complexity index is 277. The van der Waals surface area contributed by atoms with Crippen LogP contribution >= 0.6 is 11.5 Å². The maximum Gasteiger partial charge on any atom is 0.0801 e. The van der Waals surface area contributed by atoms with Crippen molar-refractivity contribution in [1.82, 2.24) is 14.9 Å². The van der Waals surface area contributed by atoms with E-state index in [0.29, 0.717) is 6.61 Å². The molecular weight excluding hydrogens is 210 g/mol. The van der Waals surface area contributed by atoms with Crippen LogP contribution in [0.3, 0.4) is 0 Å². The number of aryl methyl sites for hydroxylation is 1. The standard InChI is InChI=1S/C10H19N3OS/c1-4-8-10(15-13-12-8)9(11-5-2)7-14-6-3/h9,11H,4-7H2,1-3H3. The fraction of sp³-hybridized carbons (Fsp3) is 0.800. The molecule has 1 unspecified atom stereocenters. The predicted molar refractivity (Wildman–Crippen MR) is 62.2 cm³/mol. The first-order valence-electron chi connectivity index (χ1n) is 5.45. The third-order valence-corrected chi connectivity index (χ3v) is 3.06. The summed E-state index contributed by atoms with van der Waals surface area (Å²) in [7, 11) is 0. The van der Waals surface area contributed by atoms with Crippen molar-refractivity contribution in [2.24, 2.45) is 0 Å². The Balaban J connectivity index is 2.69. The van der Waals surface area contributed by atoms with E-state index in [1.165, 1.54) is 16.4 Å². The predicted octanol–water partition coefficient (Wildman–Crippen LogP) is 1.79. The number of nitrogens with zero attached hydrogens (tertiary/aromatic N) is 2. The molecule has 1 aromatic rings. The van der Waals surface area contributed by atoms with E-state index in [1.54, 1.807) is 0 Å². The topological polar surface area (TPSA) is 47.0 Å². The molecule has 0 aliphatic carbocycles. The van der Waals surface area contributed by atoms with Crippen LogP contribution in [0.15, 0.2) is 0 Å². The van der Waals surface area contributed by atoms with Crippen molar-refractivity contribution in [3.05, 3.63) is 10.6 Å². The van der Waals surface area contributed by atoms with Crippen LogP contribution in [-0.2, 0) is 11.2 Å². The molecule has 0 bridgehead atoms. The Kier molecular flexibility index (Phi) is 5.75. The largest absolute Gasteiger partial charge is 0.380 e. The van der Waals surface area contributed by atoms with E-state index in [-0.39, 0.29) is 6.04 Å². The highest BCUT2D eigenvalue weighted by Crippen LogP contribution is 2.21. The summed E-state index contributed by atoms with van der Waals surface area (Å²) in [6.45, 7) is 8.58. The van der Waals surface area contributed by atoms with Crippen LogP contribution in [0.2, 0.25) is 0 Å². The fourth-order valence-corrected chi connectivity index (χ4v) is 2.23. The molecule has 0 amide bonds. The molecule has 0 saturated heterocycles. The molecular formula is C10H19N3OS. The lowest BCUT2D eigenvalue weighted by atomic mass is 10.2. The van der Waals surface area contributed by atoms with Gasteiger partial charge in [0, 0.05) is 6.61 Å². The average molecular weight is 229 g/mol. The van der Waals surface area contributed by atoms with Crippen molar-refractivity contribution < 1.29 is 4.74 Å². The summed E-state index contributed by atoms with van der Waals surface area (Å²) in [5.41, 5.74) is 1.09. The summed E-state index contributed by atoms with van der Waals surface area (Å²) in [6.07, 6.45) is 0.930. The van der Waals surface area contributed by atoms with Crippen LogP contribution in [0.1, 0.15) is 37.4 Å². The third kappa shape index (κ3) is 3.52. The van der Waals surface area contributed by atoms with Gasteiger partial charge in [-0.25, -0.2) is 0 Å². The molecule has 0 spiro atoms. The highest BCUT2D eigenvalue weighted by Gasteiger charge is 2.17. The van der Waals surface area contributed by atoms with E-state index in [2.05, 4.69) is 28.8 Å². The minimum Gasteiger partial charge on any atom is -0.380 e. The number of hydrogen-bond acceptors (Lipinski definition) is 5. The number of ether oxygens (including phenoxy) is 1. The molecule has 15 heavy (non-hydrogen) atoms. The van der Waals surface area contributed by atoms with Gasteiger partial charge in [0.15, 0.2) is 0 Å². The smallest absolute Gasteiger partial charge is 0.0801 e. The normalized spacial score (nSPS) is 13.0. The third-order valence-electron chi connectivity index (χ3n) is 2.18. The van der Waals surface area contributed by atoms with Crippen molar-refractivity contribution in [3.63, 3.8) is 0 Å². The number of hydrogen-bond donors (Lipinski definition) is 1. The summed E-state index contributed by atoms with van der Waals surface area (Å²) in [4.78, 5) is 1.22. The molecule has 0 fully saturated rings. The van der Waals surface area contributed by atoms with Gasteiger partial charge >= 0.3 is 0 Å². The molecule has 0 aliphatic heterocycles. The first kappa shape index (κ1) is 12.5. The Morgan fingerprint density at radius 1 is 1.40 bits per heavy atom. The lowest BCUT2D eigenvalue weighted by Crippen LogP contribution is -2.25. The highest BCUT2D eigenvalue weighted by molar-refractivity contribution is 7.05. The van der Waals surface area contributed by atoms with Crippen LogP contribution in [0, 0.1) is 0 Å².